The molecule has 0 aromatic carbocycles. The van der Waals surface area contributed by atoms with Crippen molar-refractivity contribution in [1.29, 1.82) is 0 Å². The van der Waals surface area contributed by atoms with Crippen LogP contribution < -0.4 is 11.1 Å². The molecule has 0 rings (SSSR count). The number of hydrogen-bond acceptors (Lipinski definition) is 2. The highest BCUT2D eigenvalue weighted by molar-refractivity contribution is 5.71. The minimum absolute atomic E-state index is 0.443. The minimum atomic E-state index is -0.443. The number of nitrogens with one attached hydrogen (secondary N) is 1. The number of rotatable bonds is 2. The fourth-order valence-corrected chi connectivity index (χ4v) is 0.248. The van der Waals surface area contributed by atoms with E-state index in [-0.39, 0.29) is 0 Å². The third-order valence-electron chi connectivity index (χ3n) is 0.549. The smallest absolute Gasteiger partial charge is 0.312 e. The van der Waals surface area contributed by atoms with Crippen molar-refractivity contribution in [2.45, 2.75) is 13.3 Å². The average molecular weight is 132 g/mol. The fourth-order valence-electron chi connectivity index (χ4n) is 0.248. The highest BCUT2D eigenvalue weighted by Gasteiger charge is 1.83. The lowest BCUT2D eigenvalue weighted by atomic mass is 10.5. The summed E-state index contributed by atoms with van der Waals surface area (Å²) in [5.74, 6) is 0. The summed E-state index contributed by atoms with van der Waals surface area (Å²) in [4.78, 5) is 17.9. The van der Waals surface area contributed by atoms with E-state index < -0.39 is 6.03 Å². The number of primary amides is 1. The molecule has 0 bridgehead atoms. The third kappa shape index (κ3) is 19.6. The molecule has 0 aliphatic rings. The fraction of sp³-hybridized carbons (Fsp3) is 0.600. The predicted molar refractivity (Wildman–Crippen MR) is 35.0 cm³/mol. The maximum Gasteiger partial charge on any atom is 0.312 e. The first kappa shape index (κ1) is 10.8. The second-order valence-corrected chi connectivity index (χ2v) is 1.29. The van der Waals surface area contributed by atoms with Gasteiger partial charge < -0.3 is 15.8 Å². The Balaban J connectivity index is 0. The molecule has 54 valence electrons. The molecule has 0 unspecified atom stereocenters. The molecule has 0 saturated carbocycles. The van der Waals surface area contributed by atoms with Gasteiger partial charge in [-0.25, -0.2) is 4.79 Å². The second-order valence-electron chi connectivity index (χ2n) is 1.29. The van der Waals surface area contributed by atoms with Gasteiger partial charge in [-0.05, 0) is 6.42 Å². The summed E-state index contributed by atoms with van der Waals surface area (Å²) < 4.78 is 0. The standard InChI is InChI=1S/C4H10N2O.CH2O/c1-2-3-6-4(5)7;1-2/h2-3H2,1H3,(H3,5,6,7);1H2. The van der Waals surface area contributed by atoms with Gasteiger partial charge in [0, 0.05) is 6.54 Å². The topological polar surface area (TPSA) is 72.2 Å². The van der Waals surface area contributed by atoms with Crippen molar-refractivity contribution in [2.24, 2.45) is 5.73 Å². The Labute approximate surface area is 54.4 Å². The van der Waals surface area contributed by atoms with E-state index in [1.54, 1.807) is 0 Å². The van der Waals surface area contributed by atoms with Crippen molar-refractivity contribution in [3.8, 4) is 0 Å². The van der Waals surface area contributed by atoms with Crippen molar-refractivity contribution in [3.63, 3.8) is 0 Å². The number of hydrogen-bond donors (Lipinski definition) is 2. The van der Waals surface area contributed by atoms with Gasteiger partial charge in [-0.2, -0.15) is 0 Å². The molecule has 0 radical (unpaired) electrons. The van der Waals surface area contributed by atoms with E-state index in [1.807, 2.05) is 13.7 Å². The summed E-state index contributed by atoms with van der Waals surface area (Å²) in [7, 11) is 0. The van der Waals surface area contributed by atoms with Crippen molar-refractivity contribution in [1.82, 2.24) is 5.32 Å². The minimum Gasteiger partial charge on any atom is -0.352 e. The molecule has 0 saturated heterocycles. The summed E-state index contributed by atoms with van der Waals surface area (Å²) in [6.07, 6.45) is 0.933. The van der Waals surface area contributed by atoms with Crippen LogP contribution in [-0.2, 0) is 4.79 Å². The zero-order valence-corrected chi connectivity index (χ0v) is 5.52. The van der Waals surface area contributed by atoms with Gasteiger partial charge in [0.15, 0.2) is 0 Å². The summed E-state index contributed by atoms with van der Waals surface area (Å²) >= 11 is 0. The van der Waals surface area contributed by atoms with Crippen molar-refractivity contribution < 1.29 is 9.59 Å². The molecule has 4 nitrogen and oxygen atoms in total. The summed E-state index contributed by atoms with van der Waals surface area (Å²) in [5, 5.41) is 2.43. The van der Waals surface area contributed by atoms with E-state index in [0.29, 0.717) is 6.54 Å². The van der Waals surface area contributed by atoms with E-state index in [2.05, 4.69) is 5.32 Å². The van der Waals surface area contributed by atoms with Gasteiger partial charge in [0.1, 0.15) is 6.79 Å². The molecule has 0 aromatic heterocycles. The number of carbonyl (C=O) groups excluding carboxylic acids is 2. The van der Waals surface area contributed by atoms with Gasteiger partial charge in [0.05, 0.1) is 0 Å². The van der Waals surface area contributed by atoms with Crippen LogP contribution in [0, 0.1) is 0 Å². The van der Waals surface area contributed by atoms with Gasteiger partial charge in [-0.15, -0.1) is 0 Å². The number of nitrogens with two attached hydrogens (primary N) is 1. The van der Waals surface area contributed by atoms with Gasteiger partial charge in [0.2, 0.25) is 0 Å². The summed E-state index contributed by atoms with van der Waals surface area (Å²) in [6, 6.07) is -0.443. The zero-order valence-electron chi connectivity index (χ0n) is 5.52. The molecule has 4 heteroatoms. The lowest BCUT2D eigenvalue weighted by Crippen LogP contribution is -2.29. The molecule has 0 aromatic rings. The lowest BCUT2D eigenvalue weighted by Gasteiger charge is -1.93. The van der Waals surface area contributed by atoms with Crippen LogP contribution in [0.15, 0.2) is 0 Å². The van der Waals surface area contributed by atoms with Crippen LogP contribution in [0.3, 0.4) is 0 Å². The second kappa shape index (κ2) is 10.0. The first-order valence-electron chi connectivity index (χ1n) is 2.59. The van der Waals surface area contributed by atoms with Crippen molar-refractivity contribution >= 4 is 12.8 Å². The predicted octanol–water partition coefficient (Wildman–Crippen LogP) is -0.120. The van der Waals surface area contributed by atoms with Crippen LogP contribution in [-0.4, -0.2) is 19.4 Å². The average Bonchev–Trinajstić information content (AvgIpc) is 1.88. The maximum absolute atomic E-state index is 9.87. The molecule has 0 fully saturated rings. The summed E-state index contributed by atoms with van der Waals surface area (Å²) in [5.41, 5.74) is 4.73. The van der Waals surface area contributed by atoms with Gasteiger partial charge in [-0.1, -0.05) is 6.92 Å². The first-order chi connectivity index (χ1) is 4.27. The van der Waals surface area contributed by atoms with Crippen LogP contribution >= 0.6 is 0 Å². The number of carbonyl (C=O) groups is 2. The Bertz CT molecular complexity index is 75.4. The normalized spacial score (nSPS) is 6.78. The molecule has 2 amide bonds. The molecule has 0 atom stereocenters. The molecule has 9 heavy (non-hydrogen) atoms. The molecular formula is C5H12N2O2. The van der Waals surface area contributed by atoms with Crippen LogP contribution in [0.25, 0.3) is 0 Å². The molecular weight excluding hydrogens is 120 g/mol. The monoisotopic (exact) mass is 132 g/mol. The van der Waals surface area contributed by atoms with Gasteiger partial charge >= 0.3 is 6.03 Å². The Morgan fingerprint density at radius 2 is 2.11 bits per heavy atom. The molecule has 0 aliphatic heterocycles. The van der Waals surface area contributed by atoms with Crippen LogP contribution in [0.2, 0.25) is 0 Å². The zero-order chi connectivity index (χ0) is 7.70. The van der Waals surface area contributed by atoms with Crippen LogP contribution in [0.5, 0.6) is 0 Å². The largest absolute Gasteiger partial charge is 0.352 e. The first-order valence-corrected chi connectivity index (χ1v) is 2.59. The van der Waals surface area contributed by atoms with Crippen molar-refractivity contribution in [2.75, 3.05) is 6.54 Å². The Hall–Kier alpha value is -1.06. The van der Waals surface area contributed by atoms with E-state index >= 15 is 0 Å². The van der Waals surface area contributed by atoms with E-state index in [9.17, 15) is 4.79 Å². The molecule has 3 N–H and O–H groups in total. The SMILES string of the molecule is C=O.CCCNC(N)=O. The third-order valence-corrected chi connectivity index (χ3v) is 0.549. The van der Waals surface area contributed by atoms with Gasteiger partial charge in [-0.3, -0.25) is 0 Å². The molecule has 0 spiro atoms. The van der Waals surface area contributed by atoms with Crippen molar-refractivity contribution in [3.05, 3.63) is 0 Å². The molecule has 0 aliphatic carbocycles. The highest BCUT2D eigenvalue weighted by atomic mass is 16.2. The van der Waals surface area contributed by atoms with Crippen LogP contribution in [0.4, 0.5) is 4.79 Å². The van der Waals surface area contributed by atoms with E-state index in [1.165, 1.54) is 0 Å². The Morgan fingerprint density at radius 3 is 2.22 bits per heavy atom. The highest BCUT2D eigenvalue weighted by Crippen LogP contribution is 1.66. The summed E-state index contributed by atoms with van der Waals surface area (Å²) in [6.45, 7) is 4.64. The van der Waals surface area contributed by atoms with Crippen LogP contribution in [0.1, 0.15) is 13.3 Å². The number of amides is 2. The Morgan fingerprint density at radius 1 is 1.67 bits per heavy atom. The van der Waals surface area contributed by atoms with E-state index in [0.717, 1.165) is 6.42 Å². The quantitative estimate of drug-likeness (QED) is 0.549. The van der Waals surface area contributed by atoms with E-state index in [4.69, 9.17) is 10.5 Å². The maximum atomic E-state index is 9.87. The lowest BCUT2D eigenvalue weighted by molar-refractivity contribution is -0.0979. The van der Waals surface area contributed by atoms with Gasteiger partial charge in [0.25, 0.3) is 0 Å². The molecule has 0 heterocycles. The Kier molecular flexibility index (Phi) is 12.1. The number of urea groups is 1.